The standard InChI is InChI=1S/C12H16O3/c1-7-5-6-10(9(3)12(13)14)8(2)11(7)15-4/h5-6,9H,1-4H3,(H,13,14). The zero-order chi connectivity index (χ0) is 11.6. The maximum atomic E-state index is 10.9. The maximum absolute atomic E-state index is 10.9. The van der Waals surface area contributed by atoms with E-state index in [0.29, 0.717) is 0 Å². The summed E-state index contributed by atoms with van der Waals surface area (Å²) in [5.41, 5.74) is 2.74. The summed E-state index contributed by atoms with van der Waals surface area (Å²) >= 11 is 0. The van der Waals surface area contributed by atoms with Crippen molar-refractivity contribution in [2.24, 2.45) is 0 Å². The molecule has 1 atom stereocenters. The van der Waals surface area contributed by atoms with E-state index in [1.165, 1.54) is 0 Å². The van der Waals surface area contributed by atoms with Crippen LogP contribution < -0.4 is 4.74 Å². The fraction of sp³-hybridized carbons (Fsp3) is 0.417. The van der Waals surface area contributed by atoms with E-state index < -0.39 is 11.9 Å². The van der Waals surface area contributed by atoms with Crippen molar-refractivity contribution in [3.05, 3.63) is 28.8 Å². The molecule has 0 saturated carbocycles. The molecular weight excluding hydrogens is 192 g/mol. The van der Waals surface area contributed by atoms with Crippen molar-refractivity contribution in [3.63, 3.8) is 0 Å². The second-order valence-electron chi connectivity index (χ2n) is 3.69. The van der Waals surface area contributed by atoms with Crippen molar-refractivity contribution in [1.29, 1.82) is 0 Å². The highest BCUT2D eigenvalue weighted by Crippen LogP contribution is 2.30. The number of hydrogen-bond donors (Lipinski definition) is 1. The second-order valence-corrected chi connectivity index (χ2v) is 3.69. The zero-order valence-electron chi connectivity index (χ0n) is 9.50. The number of methoxy groups -OCH3 is 1. The second kappa shape index (κ2) is 4.34. The molecule has 0 saturated heterocycles. The van der Waals surface area contributed by atoms with Gasteiger partial charge in [0.1, 0.15) is 5.75 Å². The number of rotatable bonds is 3. The lowest BCUT2D eigenvalue weighted by Crippen LogP contribution is -2.09. The molecule has 3 heteroatoms. The number of hydrogen-bond acceptors (Lipinski definition) is 2. The largest absolute Gasteiger partial charge is 0.496 e. The average molecular weight is 208 g/mol. The molecule has 1 N–H and O–H groups in total. The Balaban J connectivity index is 3.27. The Labute approximate surface area is 89.7 Å². The van der Waals surface area contributed by atoms with Crippen LogP contribution in [0.4, 0.5) is 0 Å². The number of ether oxygens (including phenoxy) is 1. The molecule has 0 fully saturated rings. The number of carbonyl (C=O) groups is 1. The Morgan fingerprint density at radius 3 is 2.47 bits per heavy atom. The van der Waals surface area contributed by atoms with E-state index in [1.54, 1.807) is 14.0 Å². The molecule has 0 bridgehead atoms. The highest BCUT2D eigenvalue weighted by Gasteiger charge is 2.18. The van der Waals surface area contributed by atoms with Gasteiger partial charge < -0.3 is 9.84 Å². The van der Waals surface area contributed by atoms with Gasteiger partial charge in [0.2, 0.25) is 0 Å². The minimum absolute atomic E-state index is 0.500. The summed E-state index contributed by atoms with van der Waals surface area (Å²) < 4.78 is 5.25. The van der Waals surface area contributed by atoms with Crippen LogP contribution in [-0.2, 0) is 4.79 Å². The monoisotopic (exact) mass is 208 g/mol. The Bertz CT molecular complexity index is 383. The van der Waals surface area contributed by atoms with Crippen molar-refractivity contribution < 1.29 is 14.6 Å². The molecular formula is C12H16O3. The number of carboxylic acid groups (broad SMARTS) is 1. The normalized spacial score (nSPS) is 12.3. The predicted octanol–water partition coefficient (Wildman–Crippen LogP) is 2.50. The number of aryl methyl sites for hydroxylation is 1. The molecule has 0 aliphatic rings. The van der Waals surface area contributed by atoms with Crippen molar-refractivity contribution >= 4 is 5.97 Å². The third-order valence-electron chi connectivity index (χ3n) is 2.69. The summed E-state index contributed by atoms with van der Waals surface area (Å²) in [5.74, 6) is -0.538. The molecule has 0 aliphatic heterocycles. The van der Waals surface area contributed by atoms with Crippen molar-refractivity contribution in [2.75, 3.05) is 7.11 Å². The molecule has 1 rings (SSSR count). The Morgan fingerprint density at radius 1 is 1.40 bits per heavy atom. The summed E-state index contributed by atoms with van der Waals surface area (Å²) in [5, 5.41) is 8.95. The number of aliphatic carboxylic acids is 1. The number of carboxylic acids is 1. The third-order valence-corrected chi connectivity index (χ3v) is 2.69. The van der Waals surface area contributed by atoms with E-state index in [0.717, 1.165) is 22.4 Å². The molecule has 1 aromatic carbocycles. The molecule has 3 nitrogen and oxygen atoms in total. The van der Waals surface area contributed by atoms with Gasteiger partial charge in [-0.1, -0.05) is 12.1 Å². The van der Waals surface area contributed by atoms with Gasteiger partial charge in [0.25, 0.3) is 0 Å². The quantitative estimate of drug-likeness (QED) is 0.830. The number of benzene rings is 1. The molecule has 0 radical (unpaired) electrons. The fourth-order valence-corrected chi connectivity index (χ4v) is 1.76. The van der Waals surface area contributed by atoms with Crippen LogP contribution >= 0.6 is 0 Å². The highest BCUT2D eigenvalue weighted by molar-refractivity contribution is 5.76. The molecule has 82 valence electrons. The van der Waals surface area contributed by atoms with Gasteiger partial charge in [-0.3, -0.25) is 4.79 Å². The van der Waals surface area contributed by atoms with E-state index in [2.05, 4.69) is 0 Å². The van der Waals surface area contributed by atoms with Gasteiger partial charge in [-0.25, -0.2) is 0 Å². The SMILES string of the molecule is COc1c(C)ccc(C(C)C(=O)O)c1C. The van der Waals surface area contributed by atoms with Crippen LogP contribution in [0.1, 0.15) is 29.5 Å². The van der Waals surface area contributed by atoms with Crippen LogP contribution in [0, 0.1) is 13.8 Å². The molecule has 1 unspecified atom stereocenters. The topological polar surface area (TPSA) is 46.5 Å². The Kier molecular flexibility index (Phi) is 3.35. The lowest BCUT2D eigenvalue weighted by Gasteiger charge is -2.15. The molecule has 0 spiro atoms. The predicted molar refractivity (Wildman–Crippen MR) is 58.5 cm³/mol. The van der Waals surface area contributed by atoms with Crippen LogP contribution in [0.2, 0.25) is 0 Å². The van der Waals surface area contributed by atoms with Gasteiger partial charge in [-0.2, -0.15) is 0 Å². The summed E-state index contributed by atoms with van der Waals surface area (Å²) in [4.78, 5) is 10.9. The van der Waals surface area contributed by atoms with Gasteiger partial charge in [-0.05, 0) is 37.5 Å². The van der Waals surface area contributed by atoms with Gasteiger partial charge in [-0.15, -0.1) is 0 Å². The van der Waals surface area contributed by atoms with Crippen LogP contribution in [0.25, 0.3) is 0 Å². The van der Waals surface area contributed by atoms with Gasteiger partial charge in [0.05, 0.1) is 13.0 Å². The first-order valence-corrected chi connectivity index (χ1v) is 4.86. The third kappa shape index (κ3) is 2.12. The Morgan fingerprint density at radius 2 is 2.00 bits per heavy atom. The Hall–Kier alpha value is -1.51. The summed E-state index contributed by atoms with van der Waals surface area (Å²) in [6, 6.07) is 3.74. The van der Waals surface area contributed by atoms with Crippen molar-refractivity contribution in [2.45, 2.75) is 26.7 Å². The van der Waals surface area contributed by atoms with E-state index in [1.807, 2.05) is 26.0 Å². The minimum Gasteiger partial charge on any atom is -0.496 e. The van der Waals surface area contributed by atoms with E-state index in [4.69, 9.17) is 9.84 Å². The lowest BCUT2D eigenvalue weighted by molar-refractivity contribution is -0.138. The zero-order valence-corrected chi connectivity index (χ0v) is 9.50. The van der Waals surface area contributed by atoms with E-state index in [-0.39, 0.29) is 0 Å². The molecule has 0 aliphatic carbocycles. The van der Waals surface area contributed by atoms with Gasteiger partial charge >= 0.3 is 5.97 Å². The van der Waals surface area contributed by atoms with Crippen LogP contribution in [0.3, 0.4) is 0 Å². The first-order chi connectivity index (χ1) is 6.99. The maximum Gasteiger partial charge on any atom is 0.310 e. The summed E-state index contributed by atoms with van der Waals surface area (Å²) in [7, 11) is 1.60. The van der Waals surface area contributed by atoms with Crippen LogP contribution in [0.15, 0.2) is 12.1 Å². The highest BCUT2D eigenvalue weighted by atomic mass is 16.5. The molecule has 0 amide bonds. The summed E-state index contributed by atoms with van der Waals surface area (Å²) in [6.07, 6.45) is 0. The van der Waals surface area contributed by atoms with Crippen LogP contribution in [-0.4, -0.2) is 18.2 Å². The average Bonchev–Trinajstić information content (AvgIpc) is 2.17. The van der Waals surface area contributed by atoms with E-state index in [9.17, 15) is 4.79 Å². The molecule has 15 heavy (non-hydrogen) atoms. The van der Waals surface area contributed by atoms with Gasteiger partial charge in [0.15, 0.2) is 0 Å². The fourth-order valence-electron chi connectivity index (χ4n) is 1.76. The van der Waals surface area contributed by atoms with Crippen molar-refractivity contribution in [1.82, 2.24) is 0 Å². The molecule has 0 aromatic heterocycles. The first kappa shape index (κ1) is 11.6. The molecule has 0 heterocycles. The smallest absolute Gasteiger partial charge is 0.310 e. The lowest BCUT2D eigenvalue weighted by atomic mass is 9.94. The first-order valence-electron chi connectivity index (χ1n) is 4.86. The van der Waals surface area contributed by atoms with Crippen LogP contribution in [0.5, 0.6) is 5.75 Å². The van der Waals surface area contributed by atoms with E-state index >= 15 is 0 Å². The summed E-state index contributed by atoms with van der Waals surface area (Å²) in [6.45, 7) is 5.51. The molecule has 1 aromatic rings. The minimum atomic E-state index is -0.816. The van der Waals surface area contributed by atoms with Gasteiger partial charge in [0, 0.05) is 0 Å². The van der Waals surface area contributed by atoms with Crippen molar-refractivity contribution in [3.8, 4) is 5.75 Å².